The molecule has 0 fully saturated rings. The Morgan fingerprint density at radius 1 is 1.15 bits per heavy atom. The summed E-state index contributed by atoms with van der Waals surface area (Å²) >= 11 is 0. The fraction of sp³-hybridized carbons (Fsp3) is 0.0952. The number of methoxy groups -OCH3 is 2. The van der Waals surface area contributed by atoms with Crippen molar-refractivity contribution in [1.82, 2.24) is 4.98 Å². The van der Waals surface area contributed by atoms with Crippen LogP contribution in [0, 0.1) is 11.3 Å². The van der Waals surface area contributed by atoms with Crippen LogP contribution in [-0.2, 0) is 4.79 Å². The number of hydrogen-bond acceptors (Lipinski definition) is 5. The smallest absolute Gasteiger partial charge is 0.266 e. The summed E-state index contributed by atoms with van der Waals surface area (Å²) in [5.41, 5.74) is 1.91. The van der Waals surface area contributed by atoms with E-state index < -0.39 is 5.91 Å². The first-order valence-electron chi connectivity index (χ1n) is 8.15. The molecule has 0 bridgehead atoms. The number of amides is 1. The van der Waals surface area contributed by atoms with E-state index in [9.17, 15) is 10.1 Å². The molecule has 1 aromatic heterocycles. The quantitative estimate of drug-likeness (QED) is 0.553. The standard InChI is InChI=1S/C21H17N3O3/c1-26-16-9-8-14(20(12-16)27-2)11-15(13-22)21(25)24-19-7-3-6-18-17(19)5-4-10-23-18/h3-12H,1-2H3,(H,24,25)/b15-11-. The van der Waals surface area contributed by atoms with Gasteiger partial charge in [0.1, 0.15) is 23.1 Å². The summed E-state index contributed by atoms with van der Waals surface area (Å²) in [6.45, 7) is 0. The predicted molar refractivity (Wildman–Crippen MR) is 104 cm³/mol. The third-order valence-corrected chi connectivity index (χ3v) is 4.00. The van der Waals surface area contributed by atoms with Crippen LogP contribution in [0.25, 0.3) is 17.0 Å². The van der Waals surface area contributed by atoms with Crippen LogP contribution in [0.2, 0.25) is 0 Å². The molecular weight excluding hydrogens is 342 g/mol. The Morgan fingerprint density at radius 3 is 2.74 bits per heavy atom. The average Bonchev–Trinajstić information content (AvgIpc) is 2.72. The maximum absolute atomic E-state index is 12.6. The molecule has 0 saturated carbocycles. The molecule has 0 radical (unpaired) electrons. The van der Waals surface area contributed by atoms with Crippen molar-refractivity contribution in [2.45, 2.75) is 0 Å². The number of fused-ring (bicyclic) bond motifs is 1. The number of hydrogen-bond donors (Lipinski definition) is 1. The van der Waals surface area contributed by atoms with Gasteiger partial charge in [-0.3, -0.25) is 9.78 Å². The topological polar surface area (TPSA) is 84.2 Å². The number of ether oxygens (including phenoxy) is 2. The van der Waals surface area contributed by atoms with Gasteiger partial charge in [-0.15, -0.1) is 0 Å². The van der Waals surface area contributed by atoms with Crippen molar-refractivity contribution in [1.29, 1.82) is 5.26 Å². The predicted octanol–water partition coefficient (Wildman–Crippen LogP) is 3.80. The van der Waals surface area contributed by atoms with Gasteiger partial charge in [0.25, 0.3) is 5.91 Å². The zero-order chi connectivity index (χ0) is 19.2. The van der Waals surface area contributed by atoms with Crippen molar-refractivity contribution in [3.05, 3.63) is 65.9 Å². The molecule has 6 heteroatoms. The zero-order valence-corrected chi connectivity index (χ0v) is 14.9. The molecule has 1 N–H and O–H groups in total. The van der Waals surface area contributed by atoms with E-state index in [2.05, 4.69) is 10.3 Å². The van der Waals surface area contributed by atoms with Crippen LogP contribution < -0.4 is 14.8 Å². The number of aromatic nitrogens is 1. The molecular formula is C21H17N3O3. The number of carbonyl (C=O) groups excluding carboxylic acids is 1. The molecule has 0 aliphatic carbocycles. The molecule has 3 aromatic rings. The Labute approximate surface area is 156 Å². The number of nitriles is 1. The summed E-state index contributed by atoms with van der Waals surface area (Å²) in [4.78, 5) is 16.9. The highest BCUT2D eigenvalue weighted by Gasteiger charge is 2.13. The van der Waals surface area contributed by atoms with E-state index in [1.165, 1.54) is 13.2 Å². The van der Waals surface area contributed by atoms with E-state index in [1.807, 2.05) is 18.2 Å². The van der Waals surface area contributed by atoms with Crippen LogP contribution in [-0.4, -0.2) is 25.1 Å². The van der Waals surface area contributed by atoms with E-state index >= 15 is 0 Å². The average molecular weight is 359 g/mol. The summed E-state index contributed by atoms with van der Waals surface area (Å²) < 4.78 is 10.5. The summed E-state index contributed by atoms with van der Waals surface area (Å²) in [6.07, 6.45) is 3.17. The lowest BCUT2D eigenvalue weighted by atomic mass is 10.1. The van der Waals surface area contributed by atoms with E-state index in [1.54, 1.807) is 49.7 Å². The fourth-order valence-corrected chi connectivity index (χ4v) is 2.64. The minimum Gasteiger partial charge on any atom is -0.497 e. The molecule has 3 rings (SSSR count). The van der Waals surface area contributed by atoms with Crippen molar-refractivity contribution in [2.75, 3.05) is 19.5 Å². The lowest BCUT2D eigenvalue weighted by Gasteiger charge is -2.09. The molecule has 0 aliphatic heterocycles. The fourth-order valence-electron chi connectivity index (χ4n) is 2.64. The summed E-state index contributed by atoms with van der Waals surface area (Å²) in [7, 11) is 3.07. The van der Waals surface area contributed by atoms with Gasteiger partial charge in [0.05, 0.1) is 25.4 Å². The largest absolute Gasteiger partial charge is 0.497 e. The normalized spacial score (nSPS) is 10.9. The molecule has 0 unspecified atom stereocenters. The minimum atomic E-state index is -0.508. The van der Waals surface area contributed by atoms with Gasteiger partial charge in [0, 0.05) is 23.2 Å². The van der Waals surface area contributed by atoms with Gasteiger partial charge in [0.2, 0.25) is 0 Å². The Bertz CT molecular complexity index is 1060. The Hall–Kier alpha value is -3.85. The Balaban J connectivity index is 1.93. The number of pyridine rings is 1. The number of nitrogens with one attached hydrogen (secondary N) is 1. The van der Waals surface area contributed by atoms with E-state index in [0.29, 0.717) is 22.7 Å². The molecule has 1 heterocycles. The van der Waals surface area contributed by atoms with Crippen LogP contribution in [0.15, 0.2) is 60.3 Å². The first-order chi connectivity index (χ1) is 13.2. The lowest BCUT2D eigenvalue weighted by Crippen LogP contribution is -2.13. The van der Waals surface area contributed by atoms with Crippen LogP contribution >= 0.6 is 0 Å². The van der Waals surface area contributed by atoms with Crippen molar-refractivity contribution in [2.24, 2.45) is 0 Å². The van der Waals surface area contributed by atoms with Crippen LogP contribution in [0.1, 0.15) is 5.56 Å². The molecule has 27 heavy (non-hydrogen) atoms. The number of benzene rings is 2. The first-order valence-corrected chi connectivity index (χ1v) is 8.15. The second-order valence-corrected chi connectivity index (χ2v) is 5.61. The van der Waals surface area contributed by atoms with Gasteiger partial charge in [0.15, 0.2) is 0 Å². The third-order valence-electron chi connectivity index (χ3n) is 4.00. The Kier molecular flexibility index (Phi) is 5.33. The SMILES string of the molecule is COc1ccc(/C=C(/C#N)C(=O)Nc2cccc3ncccc23)c(OC)c1. The van der Waals surface area contributed by atoms with Gasteiger partial charge in [-0.1, -0.05) is 6.07 Å². The number of rotatable bonds is 5. The van der Waals surface area contributed by atoms with Crippen LogP contribution in [0.4, 0.5) is 5.69 Å². The number of nitrogens with zero attached hydrogens (tertiary/aromatic N) is 2. The van der Waals surface area contributed by atoms with Crippen LogP contribution in [0.5, 0.6) is 11.5 Å². The second-order valence-electron chi connectivity index (χ2n) is 5.61. The maximum Gasteiger partial charge on any atom is 0.266 e. The van der Waals surface area contributed by atoms with E-state index in [4.69, 9.17) is 9.47 Å². The Morgan fingerprint density at radius 2 is 2.00 bits per heavy atom. The van der Waals surface area contributed by atoms with Gasteiger partial charge in [-0.05, 0) is 42.5 Å². The second kappa shape index (κ2) is 8.02. The van der Waals surface area contributed by atoms with Gasteiger partial charge in [-0.25, -0.2) is 0 Å². The number of carbonyl (C=O) groups is 1. The minimum absolute atomic E-state index is 0.0423. The molecule has 6 nitrogen and oxygen atoms in total. The van der Waals surface area contributed by atoms with Crippen molar-refractivity contribution >= 4 is 28.6 Å². The highest BCUT2D eigenvalue weighted by molar-refractivity contribution is 6.12. The summed E-state index contributed by atoms with van der Waals surface area (Å²) in [5.74, 6) is 0.617. The summed E-state index contributed by atoms with van der Waals surface area (Å²) in [5, 5.41) is 13.0. The first kappa shape index (κ1) is 18.0. The van der Waals surface area contributed by atoms with E-state index in [0.717, 1.165) is 10.9 Å². The molecule has 0 saturated heterocycles. The van der Waals surface area contributed by atoms with Crippen molar-refractivity contribution in [3.8, 4) is 17.6 Å². The molecule has 1 amide bonds. The van der Waals surface area contributed by atoms with Crippen molar-refractivity contribution in [3.63, 3.8) is 0 Å². The molecule has 0 aliphatic rings. The maximum atomic E-state index is 12.6. The van der Waals surface area contributed by atoms with Crippen LogP contribution in [0.3, 0.4) is 0 Å². The van der Waals surface area contributed by atoms with Gasteiger partial charge in [-0.2, -0.15) is 5.26 Å². The molecule has 2 aromatic carbocycles. The molecule has 134 valence electrons. The molecule has 0 spiro atoms. The third kappa shape index (κ3) is 3.88. The number of anilines is 1. The van der Waals surface area contributed by atoms with Crippen molar-refractivity contribution < 1.29 is 14.3 Å². The zero-order valence-electron chi connectivity index (χ0n) is 14.9. The van der Waals surface area contributed by atoms with Gasteiger partial charge >= 0.3 is 0 Å². The lowest BCUT2D eigenvalue weighted by molar-refractivity contribution is -0.112. The highest BCUT2D eigenvalue weighted by atomic mass is 16.5. The monoisotopic (exact) mass is 359 g/mol. The highest BCUT2D eigenvalue weighted by Crippen LogP contribution is 2.27. The summed E-state index contributed by atoms with van der Waals surface area (Å²) in [6, 6.07) is 16.2. The molecule has 0 atom stereocenters. The van der Waals surface area contributed by atoms with Gasteiger partial charge < -0.3 is 14.8 Å². The van der Waals surface area contributed by atoms with E-state index in [-0.39, 0.29) is 5.57 Å².